The molecule has 84 heavy (non-hydrogen) atoms. The molecule has 20 atom stereocenters. The number of amides is 3. The Kier molecular flexibility index (Phi) is 43.9. The van der Waals surface area contributed by atoms with E-state index in [1.165, 1.54) is 20.8 Å². The Labute approximate surface area is 490 Å². The number of carbonyl (C=O) groups is 3. The lowest BCUT2D eigenvalue weighted by Gasteiger charge is -2.42. The maximum Gasteiger partial charge on any atom is 0.217 e. The lowest BCUT2D eigenvalue weighted by Crippen LogP contribution is -2.64. The van der Waals surface area contributed by atoms with Crippen LogP contribution in [0.5, 0.6) is 0 Å². The molecule has 498 valence electrons. The number of rotatable bonds is 34. The average molecular weight is 1230 g/mol. The summed E-state index contributed by atoms with van der Waals surface area (Å²) in [5.41, 5.74) is 0. The van der Waals surface area contributed by atoms with E-state index in [2.05, 4.69) is 16.0 Å². The van der Waals surface area contributed by atoms with Crippen molar-refractivity contribution in [2.75, 3.05) is 119 Å². The Morgan fingerprint density at radius 1 is 0.310 bits per heavy atom. The molecule has 3 amide bonds. The van der Waals surface area contributed by atoms with E-state index in [4.69, 9.17) is 76.9 Å². The maximum absolute atomic E-state index is 11.3. The maximum atomic E-state index is 11.3. The Morgan fingerprint density at radius 2 is 0.536 bits per heavy atom. The van der Waals surface area contributed by atoms with Crippen molar-refractivity contribution < 1.29 is 142 Å². The molecule has 32 heteroatoms. The molecule has 4 saturated heterocycles. The zero-order valence-corrected chi connectivity index (χ0v) is 49.4. The van der Waals surface area contributed by atoms with Gasteiger partial charge in [-0.2, -0.15) is 0 Å². The van der Waals surface area contributed by atoms with E-state index in [0.29, 0.717) is 59.5 Å². The van der Waals surface area contributed by atoms with Gasteiger partial charge >= 0.3 is 0 Å². The van der Waals surface area contributed by atoms with Crippen LogP contribution in [0.1, 0.15) is 74.1 Å². The highest BCUT2D eigenvalue weighted by Crippen LogP contribution is 2.26. The molecule has 4 fully saturated rings. The molecule has 0 spiro atoms. The molecule has 4 heterocycles. The largest absolute Gasteiger partial charge is 0.394 e. The number of hydrogen-bond acceptors (Lipinski definition) is 29. The van der Waals surface area contributed by atoms with Crippen LogP contribution in [0.3, 0.4) is 0 Å². The number of aliphatic hydroxyl groups excluding tert-OH is 13. The molecule has 0 bridgehead atoms. The lowest BCUT2D eigenvalue weighted by molar-refractivity contribution is -0.302. The normalized spacial score (nSPS) is 33.0. The van der Waals surface area contributed by atoms with Crippen LogP contribution < -0.4 is 16.0 Å². The van der Waals surface area contributed by atoms with Gasteiger partial charge in [-0.25, -0.2) is 0 Å². The van der Waals surface area contributed by atoms with Gasteiger partial charge in [-0.05, 0) is 25.7 Å². The van der Waals surface area contributed by atoms with E-state index < -0.39 is 155 Å². The van der Waals surface area contributed by atoms with E-state index >= 15 is 0 Å². The smallest absolute Gasteiger partial charge is 0.217 e. The summed E-state index contributed by atoms with van der Waals surface area (Å²) in [5.74, 6) is -1.13. The monoisotopic (exact) mass is 1230 g/mol. The quantitative estimate of drug-likeness (QED) is 0.0266. The first-order valence-corrected chi connectivity index (χ1v) is 28.5. The van der Waals surface area contributed by atoms with E-state index in [0.717, 1.165) is 25.7 Å². The molecule has 4 aliphatic rings. The first kappa shape index (κ1) is 79.4. The van der Waals surface area contributed by atoms with Gasteiger partial charge in [0.25, 0.3) is 0 Å². The Balaban J connectivity index is 0.000000563. The van der Waals surface area contributed by atoms with Crippen molar-refractivity contribution in [3.63, 3.8) is 0 Å². The van der Waals surface area contributed by atoms with Crippen molar-refractivity contribution in [3.05, 3.63) is 0 Å². The average Bonchev–Trinajstić information content (AvgIpc) is 3.67. The number of ether oxygens (including phenoxy) is 13. The van der Waals surface area contributed by atoms with Gasteiger partial charge in [0.05, 0.1) is 92.5 Å². The van der Waals surface area contributed by atoms with E-state index in [-0.39, 0.29) is 44.8 Å². The van der Waals surface area contributed by atoms with Gasteiger partial charge in [0.1, 0.15) is 97.5 Å². The van der Waals surface area contributed by atoms with Gasteiger partial charge in [0, 0.05) is 47.2 Å². The minimum absolute atomic E-state index is 0.149. The van der Waals surface area contributed by atoms with Crippen LogP contribution in [0.2, 0.25) is 0 Å². The standard InChI is InChI=1S/C15H29NO8.C13H25NO7.C13H26O8.C11H21NO6/c1-3-4-21-5-6-22-7-8-23-15-12(16-10(2)18)14(20)13(19)11(9-17)24-15;1-3-4-19-5-6-20-13-10(14-8(2)16)12(18)11(17)9(7-15)21-13;1-2-3-18-4-5-19-6-7-20-13-12(17)11(16)10(15)9(8-14)21-13;1-3-4-17-11-8(12-6(2)14)10(16)9(15)7(5-13)18-11/h11-15,17,19-20H,3-9H2,1-2H3,(H,16,18);9-13,15,17-18H,3-7H2,1-2H3,(H,14,16);9-17H,2-8H2,1H3;7-11,13,15-16H,3-5H2,1-2H3,(H,12,14). The zero-order chi connectivity index (χ0) is 63.1. The van der Waals surface area contributed by atoms with Crippen LogP contribution in [0, 0.1) is 0 Å². The summed E-state index contributed by atoms with van der Waals surface area (Å²) in [6, 6.07) is -2.70. The second-order valence-electron chi connectivity index (χ2n) is 19.5. The molecule has 0 saturated carbocycles. The van der Waals surface area contributed by atoms with E-state index in [1.54, 1.807) is 0 Å². The van der Waals surface area contributed by atoms with Gasteiger partial charge in [-0.1, -0.05) is 27.7 Å². The number of hydrogen-bond donors (Lipinski definition) is 16. The highest BCUT2D eigenvalue weighted by atomic mass is 16.7. The van der Waals surface area contributed by atoms with Gasteiger partial charge < -0.3 is 144 Å². The molecule has 4 rings (SSSR count). The highest BCUT2D eigenvalue weighted by Gasteiger charge is 2.48. The summed E-state index contributed by atoms with van der Waals surface area (Å²) in [6.07, 6.45) is -16.2. The predicted octanol–water partition coefficient (Wildman–Crippen LogP) is -6.63. The first-order valence-electron chi connectivity index (χ1n) is 28.5. The van der Waals surface area contributed by atoms with Crippen LogP contribution in [0.25, 0.3) is 0 Å². The highest BCUT2D eigenvalue weighted by molar-refractivity contribution is 5.74. The first-order chi connectivity index (χ1) is 40.1. The van der Waals surface area contributed by atoms with Gasteiger partial charge in [-0.3, -0.25) is 14.4 Å². The van der Waals surface area contributed by atoms with Crippen LogP contribution in [0.15, 0.2) is 0 Å². The van der Waals surface area contributed by atoms with Gasteiger partial charge in [0.15, 0.2) is 25.2 Å². The molecule has 16 N–H and O–H groups in total. The minimum Gasteiger partial charge on any atom is -0.394 e. The summed E-state index contributed by atoms with van der Waals surface area (Å²) in [5, 5.41) is 132. The minimum atomic E-state index is -1.43. The molecular formula is C52H101N3O29. The van der Waals surface area contributed by atoms with E-state index in [9.17, 15) is 65.4 Å². The van der Waals surface area contributed by atoms with Crippen molar-refractivity contribution in [2.45, 2.75) is 197 Å². The van der Waals surface area contributed by atoms with Crippen molar-refractivity contribution in [1.29, 1.82) is 0 Å². The third-order valence-corrected chi connectivity index (χ3v) is 12.4. The Hall–Kier alpha value is -2.63. The van der Waals surface area contributed by atoms with Crippen LogP contribution in [-0.2, 0) is 76.0 Å². The molecular weight excluding hydrogens is 1130 g/mol. The summed E-state index contributed by atoms with van der Waals surface area (Å²) in [4.78, 5) is 33.5. The molecule has 0 aromatic carbocycles. The molecule has 0 radical (unpaired) electrons. The van der Waals surface area contributed by atoms with Gasteiger partial charge in [-0.15, -0.1) is 0 Å². The summed E-state index contributed by atoms with van der Waals surface area (Å²) < 4.78 is 69.2. The molecule has 32 nitrogen and oxygen atoms in total. The fraction of sp³-hybridized carbons (Fsp3) is 0.942. The fourth-order valence-corrected chi connectivity index (χ4v) is 8.13. The van der Waals surface area contributed by atoms with Gasteiger partial charge in [0.2, 0.25) is 17.7 Å². The van der Waals surface area contributed by atoms with Crippen molar-refractivity contribution in [1.82, 2.24) is 16.0 Å². The molecule has 20 unspecified atom stereocenters. The number of carbonyl (C=O) groups excluding carboxylic acids is 3. The molecule has 0 aromatic heterocycles. The predicted molar refractivity (Wildman–Crippen MR) is 289 cm³/mol. The summed E-state index contributed by atoms with van der Waals surface area (Å²) in [7, 11) is 0. The van der Waals surface area contributed by atoms with Crippen molar-refractivity contribution in [3.8, 4) is 0 Å². The SMILES string of the molecule is CCCOC1OC(CO)C(O)C(O)C1NC(C)=O.CCCOCCOC1OC(CO)C(O)C(O)C1NC(C)=O.CCCOCCOCCOC1OC(CO)C(O)C(O)C1NC(C)=O.CCCOCCOCCOC1OC(CO)C(O)C(O)C1O. The third kappa shape index (κ3) is 29.6. The molecule has 4 aliphatic heterocycles. The van der Waals surface area contributed by atoms with Crippen LogP contribution >= 0.6 is 0 Å². The third-order valence-electron chi connectivity index (χ3n) is 12.4. The summed E-state index contributed by atoms with van der Waals surface area (Å²) >= 11 is 0. The summed E-state index contributed by atoms with van der Waals surface area (Å²) in [6.45, 7) is 15.7. The zero-order valence-electron chi connectivity index (χ0n) is 49.4. The van der Waals surface area contributed by atoms with Crippen LogP contribution in [0.4, 0.5) is 0 Å². The topological polar surface area (TPSA) is 470 Å². The van der Waals surface area contributed by atoms with Crippen molar-refractivity contribution in [2.24, 2.45) is 0 Å². The fourth-order valence-electron chi connectivity index (χ4n) is 8.13. The Morgan fingerprint density at radius 3 is 0.798 bits per heavy atom. The van der Waals surface area contributed by atoms with Crippen molar-refractivity contribution >= 4 is 17.7 Å². The molecule has 0 aliphatic carbocycles. The van der Waals surface area contributed by atoms with E-state index in [1.807, 2.05) is 27.7 Å². The number of aliphatic hydroxyl groups is 13. The Bertz CT molecular complexity index is 1670. The molecule has 0 aromatic rings. The lowest BCUT2D eigenvalue weighted by atomic mass is 9.97. The second-order valence-corrected chi connectivity index (χ2v) is 19.5. The second kappa shape index (κ2) is 46.5. The number of nitrogens with one attached hydrogen (secondary N) is 3. The van der Waals surface area contributed by atoms with Crippen LogP contribution in [-0.4, -0.2) is 326 Å².